The molecular weight excluding hydrogens is 302 g/mol. The fourth-order valence-electron chi connectivity index (χ4n) is 2.63. The average Bonchev–Trinajstić information content (AvgIpc) is 2.91. The van der Waals surface area contributed by atoms with Crippen LogP contribution in [0.15, 0.2) is 18.2 Å². The lowest BCUT2D eigenvalue weighted by Crippen LogP contribution is -2.35. The van der Waals surface area contributed by atoms with E-state index in [4.69, 9.17) is 11.6 Å². The van der Waals surface area contributed by atoms with Gasteiger partial charge in [0.05, 0.1) is 12.5 Å². The molecule has 1 heterocycles. The number of nitrogens with one attached hydrogen (secondary N) is 2. The molecule has 2 N–H and O–H groups in total. The smallest absolute Gasteiger partial charge is 0.238 e. The molecule has 0 unspecified atom stereocenters. The summed E-state index contributed by atoms with van der Waals surface area (Å²) in [5.74, 6) is 0.00235. The molecule has 1 aliphatic heterocycles. The molecule has 2 amide bonds. The molecule has 1 aliphatic rings. The largest absolute Gasteiger partial charge is 0.356 e. The van der Waals surface area contributed by atoms with E-state index in [0.717, 1.165) is 24.2 Å². The zero-order valence-electron chi connectivity index (χ0n) is 13.0. The molecule has 6 heteroatoms. The maximum absolute atomic E-state index is 12.1. The first-order chi connectivity index (χ1) is 10.5. The van der Waals surface area contributed by atoms with Crippen molar-refractivity contribution in [3.8, 4) is 0 Å². The van der Waals surface area contributed by atoms with E-state index in [2.05, 4.69) is 10.6 Å². The zero-order chi connectivity index (χ0) is 16.1. The highest BCUT2D eigenvalue weighted by atomic mass is 35.5. The van der Waals surface area contributed by atoms with Crippen molar-refractivity contribution in [1.29, 1.82) is 0 Å². The summed E-state index contributed by atoms with van der Waals surface area (Å²) in [7, 11) is 0. The maximum Gasteiger partial charge on any atom is 0.238 e. The van der Waals surface area contributed by atoms with Gasteiger partial charge in [-0.05, 0) is 50.6 Å². The van der Waals surface area contributed by atoms with E-state index < -0.39 is 0 Å². The minimum absolute atomic E-state index is 0.00877. The predicted molar refractivity (Wildman–Crippen MR) is 88.0 cm³/mol. The number of amides is 2. The van der Waals surface area contributed by atoms with Crippen LogP contribution in [0.25, 0.3) is 0 Å². The van der Waals surface area contributed by atoms with Gasteiger partial charge in [0, 0.05) is 23.8 Å². The van der Waals surface area contributed by atoms with Crippen LogP contribution in [0.2, 0.25) is 5.02 Å². The molecule has 1 fully saturated rings. The van der Waals surface area contributed by atoms with Crippen molar-refractivity contribution in [2.24, 2.45) is 5.92 Å². The summed E-state index contributed by atoms with van der Waals surface area (Å²) in [6, 6.07) is 5.41. The Bertz CT molecular complexity index is 562. The van der Waals surface area contributed by atoms with E-state index in [-0.39, 0.29) is 17.7 Å². The predicted octanol–water partition coefficient (Wildman–Crippen LogP) is 2.04. The normalized spacial score (nSPS) is 18.2. The van der Waals surface area contributed by atoms with Crippen LogP contribution in [-0.2, 0) is 9.59 Å². The first-order valence-electron chi connectivity index (χ1n) is 7.55. The van der Waals surface area contributed by atoms with Gasteiger partial charge in [0.15, 0.2) is 0 Å². The number of nitrogens with zero attached hydrogens (tertiary/aromatic N) is 1. The SMILES string of the molecule is CCNC(=O)[C@@H]1CCN(CC(=O)Nc2ccc(Cl)c(C)c2)C1. The maximum atomic E-state index is 12.1. The van der Waals surface area contributed by atoms with Gasteiger partial charge in [0.2, 0.25) is 11.8 Å². The van der Waals surface area contributed by atoms with Gasteiger partial charge < -0.3 is 10.6 Å². The Labute approximate surface area is 136 Å². The topological polar surface area (TPSA) is 61.4 Å². The van der Waals surface area contributed by atoms with Crippen LogP contribution in [-0.4, -0.2) is 42.9 Å². The molecule has 22 heavy (non-hydrogen) atoms. The molecule has 120 valence electrons. The Morgan fingerprint density at radius 1 is 1.41 bits per heavy atom. The molecule has 1 atom stereocenters. The summed E-state index contributed by atoms with van der Waals surface area (Å²) in [5, 5.41) is 6.38. The number of carbonyl (C=O) groups excluding carboxylic acids is 2. The average molecular weight is 324 g/mol. The van der Waals surface area contributed by atoms with Crippen LogP contribution >= 0.6 is 11.6 Å². The van der Waals surface area contributed by atoms with Crippen molar-refractivity contribution in [3.63, 3.8) is 0 Å². The van der Waals surface area contributed by atoms with E-state index in [0.29, 0.717) is 24.7 Å². The van der Waals surface area contributed by atoms with Crippen LogP contribution in [0, 0.1) is 12.8 Å². The van der Waals surface area contributed by atoms with Crippen molar-refractivity contribution >= 4 is 29.1 Å². The van der Waals surface area contributed by atoms with Gasteiger partial charge in [0.1, 0.15) is 0 Å². The molecule has 5 nitrogen and oxygen atoms in total. The van der Waals surface area contributed by atoms with Gasteiger partial charge in [-0.3, -0.25) is 14.5 Å². The molecule has 1 aromatic rings. The molecule has 0 saturated carbocycles. The van der Waals surface area contributed by atoms with Crippen LogP contribution in [0.3, 0.4) is 0 Å². The first kappa shape index (κ1) is 16.8. The monoisotopic (exact) mass is 323 g/mol. The van der Waals surface area contributed by atoms with E-state index in [1.165, 1.54) is 0 Å². The molecular formula is C16H22ClN3O2. The number of hydrogen-bond acceptors (Lipinski definition) is 3. The molecule has 2 rings (SSSR count). The van der Waals surface area contributed by atoms with Gasteiger partial charge in [-0.25, -0.2) is 0 Å². The van der Waals surface area contributed by atoms with Crippen LogP contribution < -0.4 is 10.6 Å². The van der Waals surface area contributed by atoms with Gasteiger partial charge in [-0.1, -0.05) is 11.6 Å². The minimum Gasteiger partial charge on any atom is -0.356 e. The number of rotatable bonds is 5. The molecule has 0 bridgehead atoms. The van der Waals surface area contributed by atoms with Gasteiger partial charge in [-0.15, -0.1) is 0 Å². The van der Waals surface area contributed by atoms with E-state index in [1.54, 1.807) is 12.1 Å². The second kappa shape index (κ2) is 7.61. The summed E-state index contributed by atoms with van der Waals surface area (Å²) in [6.45, 7) is 6.17. The molecule has 0 aromatic heterocycles. The number of hydrogen-bond donors (Lipinski definition) is 2. The lowest BCUT2D eigenvalue weighted by molar-refractivity contribution is -0.125. The highest BCUT2D eigenvalue weighted by molar-refractivity contribution is 6.31. The van der Waals surface area contributed by atoms with Crippen molar-refractivity contribution in [3.05, 3.63) is 28.8 Å². The number of carbonyl (C=O) groups is 2. The van der Waals surface area contributed by atoms with Gasteiger partial charge >= 0.3 is 0 Å². The van der Waals surface area contributed by atoms with Crippen LogP contribution in [0.4, 0.5) is 5.69 Å². The fourth-order valence-corrected chi connectivity index (χ4v) is 2.75. The van der Waals surface area contributed by atoms with Crippen molar-refractivity contribution in [2.75, 3.05) is 31.5 Å². The molecule has 0 spiro atoms. The van der Waals surface area contributed by atoms with Crippen molar-refractivity contribution in [2.45, 2.75) is 20.3 Å². The second-order valence-corrected chi connectivity index (χ2v) is 6.03. The summed E-state index contributed by atoms with van der Waals surface area (Å²) in [4.78, 5) is 25.9. The van der Waals surface area contributed by atoms with Gasteiger partial charge in [0.25, 0.3) is 0 Å². The number of benzene rings is 1. The molecule has 1 aromatic carbocycles. The molecule has 0 aliphatic carbocycles. The third kappa shape index (κ3) is 4.45. The standard InChI is InChI=1S/C16H22ClN3O2/c1-3-18-16(22)12-6-7-20(9-12)10-15(21)19-13-4-5-14(17)11(2)8-13/h4-5,8,12H,3,6-7,9-10H2,1-2H3,(H,18,22)(H,19,21)/t12-/m1/s1. The fraction of sp³-hybridized carbons (Fsp3) is 0.500. The highest BCUT2D eigenvalue weighted by Gasteiger charge is 2.28. The highest BCUT2D eigenvalue weighted by Crippen LogP contribution is 2.20. The number of likely N-dealkylation sites (tertiary alicyclic amines) is 1. The summed E-state index contributed by atoms with van der Waals surface area (Å²) in [6.07, 6.45) is 0.805. The Kier molecular flexibility index (Phi) is 5.80. The quantitative estimate of drug-likeness (QED) is 0.871. The van der Waals surface area contributed by atoms with Crippen molar-refractivity contribution < 1.29 is 9.59 Å². The zero-order valence-corrected chi connectivity index (χ0v) is 13.7. The van der Waals surface area contributed by atoms with E-state index in [1.807, 2.05) is 24.8 Å². The van der Waals surface area contributed by atoms with E-state index >= 15 is 0 Å². The lowest BCUT2D eigenvalue weighted by atomic mass is 10.1. The third-order valence-corrected chi connectivity index (χ3v) is 4.23. The number of halogens is 1. The van der Waals surface area contributed by atoms with Crippen LogP contribution in [0.1, 0.15) is 18.9 Å². The first-order valence-corrected chi connectivity index (χ1v) is 7.93. The van der Waals surface area contributed by atoms with Crippen LogP contribution in [0.5, 0.6) is 0 Å². The Morgan fingerprint density at radius 3 is 2.86 bits per heavy atom. The van der Waals surface area contributed by atoms with E-state index in [9.17, 15) is 9.59 Å². The minimum atomic E-state index is -0.0710. The Morgan fingerprint density at radius 2 is 2.18 bits per heavy atom. The number of aryl methyl sites for hydroxylation is 1. The Hall–Kier alpha value is -1.59. The third-order valence-electron chi connectivity index (χ3n) is 3.80. The molecule has 0 radical (unpaired) electrons. The second-order valence-electron chi connectivity index (χ2n) is 5.63. The summed E-state index contributed by atoms with van der Waals surface area (Å²) < 4.78 is 0. The lowest BCUT2D eigenvalue weighted by Gasteiger charge is -2.15. The van der Waals surface area contributed by atoms with Gasteiger partial charge in [-0.2, -0.15) is 0 Å². The summed E-state index contributed by atoms with van der Waals surface area (Å²) in [5.41, 5.74) is 1.67. The number of anilines is 1. The van der Waals surface area contributed by atoms with Crippen molar-refractivity contribution in [1.82, 2.24) is 10.2 Å². The molecule has 1 saturated heterocycles. The Balaban J connectivity index is 1.83. The summed E-state index contributed by atoms with van der Waals surface area (Å²) >= 11 is 5.97.